The molecule has 38 heavy (non-hydrogen) atoms. The number of carbonyl (C=O) groups excluding carboxylic acids is 1. The second-order valence-corrected chi connectivity index (χ2v) is 11.8. The maximum absolute atomic E-state index is 15.0. The predicted molar refractivity (Wildman–Crippen MR) is 135 cm³/mol. The van der Waals surface area contributed by atoms with Gasteiger partial charge in [-0.2, -0.15) is 10.1 Å². The summed E-state index contributed by atoms with van der Waals surface area (Å²) in [4.78, 5) is 28.1. The van der Waals surface area contributed by atoms with Crippen LogP contribution in [0.5, 0.6) is 17.2 Å². The number of aliphatic hydroxyl groups is 1. The van der Waals surface area contributed by atoms with Crippen LogP contribution in [-0.2, 0) is 18.6 Å². The fourth-order valence-corrected chi connectivity index (χ4v) is 6.67. The molecule has 3 heterocycles. The Labute approximate surface area is 221 Å². The van der Waals surface area contributed by atoms with Gasteiger partial charge in [0.05, 0.1) is 18.0 Å². The van der Waals surface area contributed by atoms with Crippen molar-refractivity contribution in [1.82, 2.24) is 14.6 Å². The molecule has 6 atom stereocenters. The average molecular weight is 575 g/mol. The molecule has 0 bridgehead atoms. The minimum absolute atomic E-state index is 0.0121. The zero-order valence-electron chi connectivity index (χ0n) is 20.7. The monoisotopic (exact) mass is 574 g/mol. The summed E-state index contributed by atoms with van der Waals surface area (Å²) in [5.74, 6) is 0.173. The van der Waals surface area contributed by atoms with Crippen molar-refractivity contribution in [2.75, 3.05) is 19.1 Å². The zero-order chi connectivity index (χ0) is 27.6. The van der Waals surface area contributed by atoms with E-state index in [1.165, 1.54) is 31.3 Å². The first-order chi connectivity index (χ1) is 18.0. The molecule has 13 nitrogen and oxygen atoms in total. The van der Waals surface area contributed by atoms with Gasteiger partial charge in [0.25, 0.3) is 0 Å². The summed E-state index contributed by atoms with van der Waals surface area (Å²) < 4.78 is 56.7. The summed E-state index contributed by atoms with van der Waals surface area (Å²) in [7, 11) is -4.32. The van der Waals surface area contributed by atoms with Crippen LogP contribution in [-0.4, -0.2) is 63.7 Å². The van der Waals surface area contributed by atoms with E-state index >= 15 is 0 Å². The number of benzene rings is 1. The summed E-state index contributed by atoms with van der Waals surface area (Å²) in [5.41, 5.74) is 4.72. The van der Waals surface area contributed by atoms with E-state index in [1.807, 2.05) is 0 Å². The Kier molecular flexibility index (Phi) is 8.52. The van der Waals surface area contributed by atoms with Gasteiger partial charge in [0.1, 0.15) is 29.1 Å². The van der Waals surface area contributed by atoms with Gasteiger partial charge in [-0.15, -0.1) is 11.8 Å². The second kappa shape index (κ2) is 11.5. The van der Waals surface area contributed by atoms with Gasteiger partial charge in [0.15, 0.2) is 17.7 Å². The van der Waals surface area contributed by atoms with Gasteiger partial charge in [-0.3, -0.25) is 13.9 Å². The maximum Gasteiger partial charge on any atom is 0.459 e. The molecule has 1 saturated heterocycles. The maximum atomic E-state index is 15.0. The number of nitrogens with zero attached hydrogens (tertiary/aromatic N) is 2. The number of aromatic nitrogens is 2. The number of thioether (sulfide) groups is 1. The Hall–Kier alpha value is -2.84. The number of nitrogen functional groups attached to an aromatic ring is 1. The van der Waals surface area contributed by atoms with E-state index in [-0.39, 0.29) is 18.4 Å². The van der Waals surface area contributed by atoms with Crippen LogP contribution in [0.25, 0.3) is 0 Å². The summed E-state index contributed by atoms with van der Waals surface area (Å²) >= 11 is 0.896. The molecule has 1 unspecified atom stereocenters. The fourth-order valence-electron chi connectivity index (χ4n) is 3.64. The molecule has 0 amide bonds. The first-order valence-electron chi connectivity index (χ1n) is 11.6. The third-order valence-electron chi connectivity index (χ3n) is 5.46. The number of fused-ring (bicyclic) bond motifs is 1. The van der Waals surface area contributed by atoms with Crippen molar-refractivity contribution in [3.63, 3.8) is 0 Å². The first-order valence-corrected chi connectivity index (χ1v) is 14.1. The molecule has 0 saturated carbocycles. The third kappa shape index (κ3) is 6.41. The molecule has 208 valence electrons. The number of carbonyl (C=O) groups is 1. The molecule has 0 spiro atoms. The molecule has 0 aliphatic carbocycles. The molecule has 1 aromatic carbocycles. The number of nitrogens with two attached hydrogens (primary N) is 1. The third-order valence-corrected chi connectivity index (χ3v) is 8.63. The quantitative estimate of drug-likeness (QED) is 0.278. The summed E-state index contributed by atoms with van der Waals surface area (Å²) in [6, 6.07) is 4.67. The van der Waals surface area contributed by atoms with Crippen LogP contribution in [0.2, 0.25) is 0 Å². The molecule has 0 radical (unpaired) electrons. The standard InChI is InChI=1S/C22H28FN4O9PS/c1-11(2)35-21(29)12(3)26-37(31,36-13-4-5-14-15(8-13)33-10-32-14)34-9-16-19(28)18(23)20(38-16)27-7-6-17(24)25-22(27)30/h4-8,11-12,16,18-20,28H,9-10H2,1-3H3,(H,26,31)(H2,24,25,30)/t12?,16-,18+,19-,20-,37-/m1/s1. The number of nitrogens with one attached hydrogen (secondary N) is 1. The SMILES string of the molecule is CC(C)OC(=O)C(C)N[P@@](=O)(OC[C@H]1S[C@@H](n2ccc(N)nc2=O)[C@@H](F)[C@@H]1O)Oc1ccc2c(c1)OCO2. The van der Waals surface area contributed by atoms with Crippen LogP contribution in [0.15, 0.2) is 35.3 Å². The molecule has 2 aromatic rings. The molecular weight excluding hydrogens is 546 g/mol. The number of hydrogen-bond acceptors (Lipinski definition) is 12. The summed E-state index contributed by atoms with van der Waals surface area (Å²) in [5, 5.41) is 11.0. The Morgan fingerprint density at radius 3 is 2.79 bits per heavy atom. The lowest BCUT2D eigenvalue weighted by atomic mass is 10.1. The van der Waals surface area contributed by atoms with Crippen molar-refractivity contribution in [2.24, 2.45) is 0 Å². The van der Waals surface area contributed by atoms with E-state index in [0.717, 1.165) is 16.3 Å². The van der Waals surface area contributed by atoms with Gasteiger partial charge in [-0.05, 0) is 39.0 Å². The van der Waals surface area contributed by atoms with E-state index < -0.39 is 61.1 Å². The van der Waals surface area contributed by atoms with Gasteiger partial charge in [-0.1, -0.05) is 0 Å². The molecule has 4 N–H and O–H groups in total. The Morgan fingerprint density at radius 2 is 2.08 bits per heavy atom. The number of ether oxygens (including phenoxy) is 3. The van der Waals surface area contributed by atoms with Crippen molar-refractivity contribution >= 4 is 31.3 Å². The minimum Gasteiger partial charge on any atom is -0.462 e. The van der Waals surface area contributed by atoms with Crippen LogP contribution in [0.1, 0.15) is 26.1 Å². The number of rotatable bonds is 10. The Morgan fingerprint density at radius 1 is 1.34 bits per heavy atom. The number of aliphatic hydroxyl groups excluding tert-OH is 1. The van der Waals surface area contributed by atoms with Crippen molar-refractivity contribution in [3.05, 3.63) is 40.9 Å². The lowest BCUT2D eigenvalue weighted by molar-refractivity contribution is -0.149. The normalized spacial score (nSPS) is 24.7. The van der Waals surface area contributed by atoms with E-state index in [9.17, 15) is 23.7 Å². The van der Waals surface area contributed by atoms with Crippen molar-refractivity contribution in [1.29, 1.82) is 0 Å². The Bertz CT molecular complexity index is 1280. The fraction of sp³-hybridized carbons (Fsp3) is 0.500. The van der Waals surface area contributed by atoms with E-state index in [2.05, 4.69) is 10.1 Å². The van der Waals surface area contributed by atoms with E-state index in [1.54, 1.807) is 19.9 Å². The average Bonchev–Trinajstić information content (AvgIpc) is 3.42. The lowest BCUT2D eigenvalue weighted by Gasteiger charge is -2.25. The zero-order valence-corrected chi connectivity index (χ0v) is 22.4. The van der Waals surface area contributed by atoms with Crippen LogP contribution < -0.4 is 30.5 Å². The van der Waals surface area contributed by atoms with Gasteiger partial charge in [0.2, 0.25) is 6.79 Å². The van der Waals surface area contributed by atoms with Gasteiger partial charge < -0.3 is 29.6 Å². The van der Waals surface area contributed by atoms with Crippen LogP contribution in [0.4, 0.5) is 10.2 Å². The highest BCUT2D eigenvalue weighted by Gasteiger charge is 2.46. The number of alkyl halides is 1. The van der Waals surface area contributed by atoms with Crippen LogP contribution in [0, 0.1) is 0 Å². The highest BCUT2D eigenvalue weighted by Crippen LogP contribution is 2.50. The molecule has 4 rings (SSSR count). The molecule has 1 aromatic heterocycles. The number of hydrogen-bond donors (Lipinski definition) is 3. The van der Waals surface area contributed by atoms with Crippen molar-refractivity contribution in [3.8, 4) is 17.2 Å². The van der Waals surface area contributed by atoms with Crippen LogP contribution >= 0.6 is 19.5 Å². The Balaban J connectivity index is 1.51. The molecule has 2 aliphatic rings. The number of esters is 1. The highest BCUT2D eigenvalue weighted by atomic mass is 32.2. The van der Waals surface area contributed by atoms with E-state index in [4.69, 9.17) is 29.0 Å². The largest absolute Gasteiger partial charge is 0.462 e. The smallest absolute Gasteiger partial charge is 0.459 e. The molecule has 2 aliphatic heterocycles. The molecule has 1 fully saturated rings. The van der Waals surface area contributed by atoms with Crippen LogP contribution in [0.3, 0.4) is 0 Å². The molecular formula is C22H28FN4O9PS. The van der Waals surface area contributed by atoms with Crippen molar-refractivity contribution in [2.45, 2.75) is 55.8 Å². The molecule has 16 heteroatoms. The van der Waals surface area contributed by atoms with Gasteiger partial charge >= 0.3 is 19.4 Å². The lowest BCUT2D eigenvalue weighted by Crippen LogP contribution is -2.37. The number of anilines is 1. The van der Waals surface area contributed by atoms with Gasteiger partial charge in [0, 0.05) is 12.3 Å². The number of halogens is 1. The summed E-state index contributed by atoms with van der Waals surface area (Å²) in [6.07, 6.45) is -2.57. The van der Waals surface area contributed by atoms with Gasteiger partial charge in [-0.25, -0.2) is 13.8 Å². The topological polar surface area (TPSA) is 173 Å². The van der Waals surface area contributed by atoms with E-state index in [0.29, 0.717) is 11.5 Å². The highest BCUT2D eigenvalue weighted by molar-refractivity contribution is 8.00. The minimum atomic E-state index is -4.32. The first kappa shape index (κ1) is 28.2. The summed E-state index contributed by atoms with van der Waals surface area (Å²) in [6.45, 7) is 4.29. The van der Waals surface area contributed by atoms with Crippen molar-refractivity contribution < 1.29 is 42.1 Å². The second-order valence-electron chi connectivity index (χ2n) is 8.78. The predicted octanol–water partition coefficient (Wildman–Crippen LogP) is 2.00.